The van der Waals surface area contributed by atoms with E-state index in [9.17, 15) is 0 Å². The minimum Gasteiger partial charge on any atom is -0.312 e. The molecule has 1 atom stereocenters. The van der Waals surface area contributed by atoms with Crippen LogP contribution in [0.25, 0.3) is 0 Å². The van der Waals surface area contributed by atoms with Crippen LogP contribution >= 0.6 is 0 Å². The fourth-order valence-electron chi connectivity index (χ4n) is 3.15. The van der Waals surface area contributed by atoms with Crippen LogP contribution in [0.2, 0.25) is 0 Å². The molecule has 104 valence electrons. The molecule has 2 nitrogen and oxygen atoms in total. The first-order valence-electron chi connectivity index (χ1n) is 7.52. The first-order chi connectivity index (χ1) is 9.84. The lowest BCUT2D eigenvalue weighted by Crippen LogP contribution is -2.24. The van der Waals surface area contributed by atoms with Crippen LogP contribution in [0.5, 0.6) is 0 Å². The Labute approximate surface area is 121 Å². The molecule has 1 aromatic carbocycles. The van der Waals surface area contributed by atoms with Crippen molar-refractivity contribution in [3.63, 3.8) is 0 Å². The van der Waals surface area contributed by atoms with E-state index < -0.39 is 0 Å². The van der Waals surface area contributed by atoms with Gasteiger partial charge in [0.2, 0.25) is 0 Å². The van der Waals surface area contributed by atoms with E-state index in [1.807, 2.05) is 12.4 Å². The Morgan fingerprint density at radius 1 is 1.25 bits per heavy atom. The number of nitrogens with zero attached hydrogens (tertiary/aromatic N) is 1. The standard InChI is InChI=1S/C18H22N2/c1-14-11-19-10-9-16(14)12-20-13-17-7-4-6-15-5-2-3-8-18(15)17/h2-3,5,8-11,17,20H,4,6-7,12-13H2,1H3. The number of pyridine rings is 1. The molecule has 0 spiro atoms. The first-order valence-corrected chi connectivity index (χ1v) is 7.52. The predicted octanol–water partition coefficient (Wildman–Crippen LogP) is 3.60. The summed E-state index contributed by atoms with van der Waals surface area (Å²) in [6, 6.07) is 11.0. The van der Waals surface area contributed by atoms with Crippen LogP contribution in [0.1, 0.15) is 41.0 Å². The summed E-state index contributed by atoms with van der Waals surface area (Å²) in [5, 5.41) is 3.63. The van der Waals surface area contributed by atoms with E-state index in [-0.39, 0.29) is 0 Å². The summed E-state index contributed by atoms with van der Waals surface area (Å²) in [6.45, 7) is 4.13. The highest BCUT2D eigenvalue weighted by atomic mass is 14.9. The van der Waals surface area contributed by atoms with Crippen molar-refractivity contribution in [1.82, 2.24) is 10.3 Å². The number of aromatic nitrogens is 1. The number of rotatable bonds is 4. The van der Waals surface area contributed by atoms with Crippen LogP contribution in [0.15, 0.2) is 42.7 Å². The van der Waals surface area contributed by atoms with Gasteiger partial charge in [-0.2, -0.15) is 0 Å². The van der Waals surface area contributed by atoms with Crippen LogP contribution in [0.3, 0.4) is 0 Å². The third kappa shape index (κ3) is 2.91. The molecule has 0 amide bonds. The van der Waals surface area contributed by atoms with Crippen LogP contribution in [-0.4, -0.2) is 11.5 Å². The van der Waals surface area contributed by atoms with E-state index in [4.69, 9.17) is 0 Å². The van der Waals surface area contributed by atoms with Gasteiger partial charge in [-0.25, -0.2) is 0 Å². The van der Waals surface area contributed by atoms with Gasteiger partial charge >= 0.3 is 0 Å². The molecule has 0 saturated heterocycles. The van der Waals surface area contributed by atoms with Gasteiger partial charge in [0, 0.05) is 25.5 Å². The molecule has 3 rings (SSSR count). The van der Waals surface area contributed by atoms with Crippen LogP contribution in [-0.2, 0) is 13.0 Å². The molecular weight excluding hydrogens is 244 g/mol. The van der Waals surface area contributed by atoms with Gasteiger partial charge in [-0.3, -0.25) is 4.98 Å². The molecule has 0 saturated carbocycles. The molecule has 2 heteroatoms. The quantitative estimate of drug-likeness (QED) is 0.914. The lowest BCUT2D eigenvalue weighted by molar-refractivity contribution is 0.507. The lowest BCUT2D eigenvalue weighted by Gasteiger charge is -2.25. The van der Waals surface area contributed by atoms with Gasteiger partial charge in [0.15, 0.2) is 0 Å². The van der Waals surface area contributed by atoms with Gasteiger partial charge in [-0.1, -0.05) is 24.3 Å². The maximum Gasteiger partial charge on any atom is 0.0300 e. The van der Waals surface area contributed by atoms with Gasteiger partial charge in [-0.05, 0) is 60.4 Å². The zero-order valence-electron chi connectivity index (χ0n) is 12.1. The summed E-state index contributed by atoms with van der Waals surface area (Å²) < 4.78 is 0. The van der Waals surface area contributed by atoms with Crippen LogP contribution < -0.4 is 5.32 Å². The predicted molar refractivity (Wildman–Crippen MR) is 82.8 cm³/mol. The van der Waals surface area contributed by atoms with Crippen LogP contribution in [0.4, 0.5) is 0 Å². The van der Waals surface area contributed by atoms with Crippen molar-refractivity contribution in [1.29, 1.82) is 0 Å². The minimum atomic E-state index is 0.669. The van der Waals surface area contributed by atoms with Gasteiger partial charge in [0.05, 0.1) is 0 Å². The lowest BCUT2D eigenvalue weighted by atomic mass is 9.83. The summed E-state index contributed by atoms with van der Waals surface area (Å²) in [7, 11) is 0. The molecule has 1 aromatic heterocycles. The molecule has 20 heavy (non-hydrogen) atoms. The summed E-state index contributed by atoms with van der Waals surface area (Å²) in [4.78, 5) is 4.14. The first kappa shape index (κ1) is 13.3. The van der Waals surface area contributed by atoms with Crippen LogP contribution in [0, 0.1) is 6.92 Å². The highest BCUT2D eigenvalue weighted by Crippen LogP contribution is 2.30. The second-order valence-electron chi connectivity index (χ2n) is 5.72. The van der Waals surface area contributed by atoms with Gasteiger partial charge < -0.3 is 5.32 Å². The van der Waals surface area contributed by atoms with E-state index in [1.54, 1.807) is 11.1 Å². The number of fused-ring (bicyclic) bond motifs is 1. The van der Waals surface area contributed by atoms with Crippen molar-refractivity contribution in [2.75, 3.05) is 6.54 Å². The largest absolute Gasteiger partial charge is 0.312 e. The summed E-state index contributed by atoms with van der Waals surface area (Å²) in [5.74, 6) is 0.669. The maximum atomic E-state index is 4.14. The van der Waals surface area contributed by atoms with Gasteiger partial charge in [-0.15, -0.1) is 0 Å². The zero-order valence-corrected chi connectivity index (χ0v) is 12.1. The Bertz CT molecular complexity index is 577. The molecule has 1 aliphatic rings. The number of aryl methyl sites for hydroxylation is 2. The van der Waals surface area contributed by atoms with E-state index in [0.717, 1.165) is 13.1 Å². The third-order valence-electron chi connectivity index (χ3n) is 4.34. The normalized spacial score (nSPS) is 17.8. The second kappa shape index (κ2) is 6.19. The topological polar surface area (TPSA) is 24.9 Å². The Morgan fingerprint density at radius 2 is 2.15 bits per heavy atom. The average molecular weight is 266 g/mol. The number of benzene rings is 1. The van der Waals surface area contributed by atoms with Crippen molar-refractivity contribution < 1.29 is 0 Å². The average Bonchev–Trinajstić information content (AvgIpc) is 2.49. The Balaban J connectivity index is 1.61. The van der Waals surface area contributed by atoms with Crippen molar-refractivity contribution in [3.05, 3.63) is 65.0 Å². The summed E-state index contributed by atoms with van der Waals surface area (Å²) in [5.41, 5.74) is 5.72. The number of hydrogen-bond donors (Lipinski definition) is 1. The minimum absolute atomic E-state index is 0.669. The molecular formula is C18H22N2. The molecule has 1 unspecified atom stereocenters. The molecule has 1 N–H and O–H groups in total. The monoisotopic (exact) mass is 266 g/mol. The number of nitrogens with one attached hydrogen (secondary N) is 1. The highest BCUT2D eigenvalue weighted by Gasteiger charge is 2.19. The van der Waals surface area contributed by atoms with E-state index in [2.05, 4.69) is 47.6 Å². The SMILES string of the molecule is Cc1cnccc1CNCC1CCCc2ccccc21. The molecule has 0 bridgehead atoms. The van der Waals surface area contributed by atoms with Crippen molar-refractivity contribution in [2.45, 2.75) is 38.6 Å². The van der Waals surface area contributed by atoms with E-state index >= 15 is 0 Å². The molecule has 2 aromatic rings. The molecule has 0 aliphatic heterocycles. The second-order valence-corrected chi connectivity index (χ2v) is 5.72. The highest BCUT2D eigenvalue weighted by molar-refractivity contribution is 5.32. The third-order valence-corrected chi connectivity index (χ3v) is 4.34. The molecule has 0 radical (unpaired) electrons. The van der Waals surface area contributed by atoms with Crippen molar-refractivity contribution in [3.8, 4) is 0 Å². The van der Waals surface area contributed by atoms with Crippen molar-refractivity contribution in [2.24, 2.45) is 0 Å². The maximum absolute atomic E-state index is 4.14. The Morgan fingerprint density at radius 3 is 3.05 bits per heavy atom. The van der Waals surface area contributed by atoms with E-state index in [1.165, 1.54) is 30.4 Å². The smallest absolute Gasteiger partial charge is 0.0300 e. The Kier molecular flexibility index (Phi) is 4.12. The molecule has 0 fully saturated rings. The number of hydrogen-bond acceptors (Lipinski definition) is 2. The van der Waals surface area contributed by atoms with Gasteiger partial charge in [0.1, 0.15) is 0 Å². The Hall–Kier alpha value is -1.67. The zero-order chi connectivity index (χ0) is 13.8. The van der Waals surface area contributed by atoms with E-state index in [0.29, 0.717) is 5.92 Å². The van der Waals surface area contributed by atoms with Gasteiger partial charge in [0.25, 0.3) is 0 Å². The summed E-state index contributed by atoms with van der Waals surface area (Å²) in [6.07, 6.45) is 7.68. The molecule has 1 aliphatic carbocycles. The summed E-state index contributed by atoms with van der Waals surface area (Å²) >= 11 is 0. The van der Waals surface area contributed by atoms with Crippen molar-refractivity contribution >= 4 is 0 Å². The fourth-order valence-corrected chi connectivity index (χ4v) is 3.15. The fraction of sp³-hybridized carbons (Fsp3) is 0.389. The molecule has 1 heterocycles.